The summed E-state index contributed by atoms with van der Waals surface area (Å²) in [6, 6.07) is 8.11. The van der Waals surface area contributed by atoms with Crippen LogP contribution in [0.25, 0.3) is 10.9 Å². The highest BCUT2D eigenvalue weighted by molar-refractivity contribution is 5.84. The Morgan fingerprint density at radius 2 is 2.21 bits per heavy atom. The first-order chi connectivity index (χ1) is 11.7. The van der Waals surface area contributed by atoms with Crippen molar-refractivity contribution >= 4 is 10.9 Å². The summed E-state index contributed by atoms with van der Waals surface area (Å²) in [5, 5.41) is 4.64. The molecule has 3 rings (SSSR count). The normalized spacial score (nSPS) is 23.8. The van der Waals surface area contributed by atoms with Gasteiger partial charge in [0.05, 0.1) is 12.6 Å². The summed E-state index contributed by atoms with van der Waals surface area (Å²) in [5.74, 6) is 2.67. The van der Waals surface area contributed by atoms with Crippen molar-refractivity contribution in [3.8, 4) is 5.75 Å². The second-order valence-corrected chi connectivity index (χ2v) is 6.99. The smallest absolute Gasteiger partial charge is 0.119 e. The van der Waals surface area contributed by atoms with Gasteiger partial charge in [0.2, 0.25) is 0 Å². The molecule has 1 fully saturated rings. The highest BCUT2D eigenvalue weighted by atomic mass is 16.5. The van der Waals surface area contributed by atoms with Gasteiger partial charge in [-0.3, -0.25) is 4.98 Å². The van der Waals surface area contributed by atoms with Gasteiger partial charge >= 0.3 is 0 Å². The molecule has 3 N–H and O–H groups in total. The molecule has 4 unspecified atom stereocenters. The number of benzene rings is 1. The Bertz CT molecular complexity index is 688. The van der Waals surface area contributed by atoms with Gasteiger partial charge in [0, 0.05) is 17.6 Å². The molecule has 4 atom stereocenters. The minimum absolute atomic E-state index is 0.0137. The van der Waals surface area contributed by atoms with Gasteiger partial charge < -0.3 is 15.8 Å². The molecule has 0 radical (unpaired) electrons. The summed E-state index contributed by atoms with van der Waals surface area (Å²) in [4.78, 5) is 4.48. The number of fused-ring (bicyclic) bond motifs is 1. The molecule has 4 nitrogen and oxygen atoms in total. The van der Waals surface area contributed by atoms with Gasteiger partial charge in [-0.1, -0.05) is 20.3 Å². The molecule has 1 aromatic heterocycles. The summed E-state index contributed by atoms with van der Waals surface area (Å²) < 4.78 is 5.39. The molecule has 0 saturated carbocycles. The van der Waals surface area contributed by atoms with Crippen molar-refractivity contribution < 1.29 is 4.74 Å². The average molecular weight is 327 g/mol. The first kappa shape index (κ1) is 17.2. The fourth-order valence-electron chi connectivity index (χ4n) is 4.20. The quantitative estimate of drug-likeness (QED) is 0.882. The Balaban J connectivity index is 1.93. The van der Waals surface area contributed by atoms with Gasteiger partial charge in [-0.25, -0.2) is 0 Å². The molecule has 0 spiro atoms. The van der Waals surface area contributed by atoms with Crippen molar-refractivity contribution in [3.05, 3.63) is 36.0 Å². The Labute approximate surface area is 144 Å². The molecule has 1 aliphatic heterocycles. The molecular formula is C20H29N3O. The van der Waals surface area contributed by atoms with E-state index < -0.39 is 0 Å². The Hall–Kier alpha value is -1.65. The zero-order valence-corrected chi connectivity index (χ0v) is 15.0. The van der Waals surface area contributed by atoms with E-state index in [2.05, 4.69) is 36.3 Å². The first-order valence-corrected chi connectivity index (χ1v) is 9.04. The standard InChI is InChI=1S/C20H29N3O/c1-4-14-12-22-9-7-16(14)13(2)20(21)17-8-10-23-19-6-5-15(24-3)11-18(17)19/h5-6,8,10-11,13-14,16,20,22H,4,7,9,12,21H2,1-3H3. The maximum atomic E-state index is 6.75. The summed E-state index contributed by atoms with van der Waals surface area (Å²) >= 11 is 0. The van der Waals surface area contributed by atoms with Gasteiger partial charge in [0.15, 0.2) is 0 Å². The fraction of sp³-hybridized carbons (Fsp3) is 0.550. The van der Waals surface area contributed by atoms with Crippen LogP contribution in [0.3, 0.4) is 0 Å². The van der Waals surface area contributed by atoms with E-state index in [0.717, 1.165) is 29.7 Å². The van der Waals surface area contributed by atoms with Crippen molar-refractivity contribution in [1.82, 2.24) is 10.3 Å². The van der Waals surface area contributed by atoms with Crippen LogP contribution in [0, 0.1) is 17.8 Å². The molecule has 0 amide bonds. The minimum atomic E-state index is 0.0137. The lowest BCUT2D eigenvalue weighted by atomic mass is 9.72. The van der Waals surface area contributed by atoms with Crippen molar-refractivity contribution in [2.45, 2.75) is 32.7 Å². The number of ether oxygens (including phenoxy) is 1. The first-order valence-electron chi connectivity index (χ1n) is 9.04. The Kier molecular flexibility index (Phi) is 5.36. The van der Waals surface area contributed by atoms with Crippen LogP contribution >= 0.6 is 0 Å². The van der Waals surface area contributed by atoms with Gasteiger partial charge in [-0.15, -0.1) is 0 Å². The number of aromatic nitrogens is 1. The van der Waals surface area contributed by atoms with E-state index in [1.165, 1.54) is 18.4 Å². The van der Waals surface area contributed by atoms with E-state index in [0.29, 0.717) is 17.8 Å². The lowest BCUT2D eigenvalue weighted by Crippen LogP contribution is -2.41. The number of nitrogens with one attached hydrogen (secondary N) is 1. The van der Waals surface area contributed by atoms with E-state index in [9.17, 15) is 0 Å². The van der Waals surface area contributed by atoms with E-state index in [-0.39, 0.29) is 6.04 Å². The van der Waals surface area contributed by atoms with Gasteiger partial charge in [0.1, 0.15) is 5.75 Å². The van der Waals surface area contributed by atoms with Crippen LogP contribution < -0.4 is 15.8 Å². The van der Waals surface area contributed by atoms with Crippen LogP contribution in [-0.2, 0) is 0 Å². The number of hydrogen-bond acceptors (Lipinski definition) is 4. The third-order valence-corrected chi connectivity index (χ3v) is 5.77. The van der Waals surface area contributed by atoms with Crippen LogP contribution in [0.5, 0.6) is 5.75 Å². The maximum absolute atomic E-state index is 6.75. The van der Waals surface area contributed by atoms with Gasteiger partial charge in [0.25, 0.3) is 0 Å². The minimum Gasteiger partial charge on any atom is -0.497 e. The van der Waals surface area contributed by atoms with Gasteiger partial charge in [-0.05, 0) is 67.1 Å². The number of methoxy groups -OCH3 is 1. The third-order valence-electron chi connectivity index (χ3n) is 5.77. The highest BCUT2D eigenvalue weighted by Gasteiger charge is 2.32. The summed E-state index contributed by atoms with van der Waals surface area (Å²) in [6.07, 6.45) is 4.29. The van der Waals surface area contributed by atoms with E-state index in [1.807, 2.05) is 18.3 Å². The van der Waals surface area contributed by atoms with E-state index >= 15 is 0 Å². The average Bonchev–Trinajstić information content (AvgIpc) is 2.65. The lowest BCUT2D eigenvalue weighted by molar-refractivity contribution is 0.160. The van der Waals surface area contributed by atoms with E-state index in [4.69, 9.17) is 10.5 Å². The molecule has 130 valence electrons. The molecule has 0 aliphatic carbocycles. The summed E-state index contributed by atoms with van der Waals surface area (Å²) in [7, 11) is 1.70. The topological polar surface area (TPSA) is 60.2 Å². The van der Waals surface area contributed by atoms with Crippen molar-refractivity contribution in [3.63, 3.8) is 0 Å². The molecule has 1 aliphatic rings. The number of rotatable bonds is 5. The molecule has 2 aromatic rings. The number of piperidine rings is 1. The summed E-state index contributed by atoms with van der Waals surface area (Å²) in [6.45, 7) is 6.82. The van der Waals surface area contributed by atoms with Crippen LogP contribution in [-0.4, -0.2) is 25.2 Å². The molecule has 24 heavy (non-hydrogen) atoms. The van der Waals surface area contributed by atoms with Crippen LogP contribution in [0.1, 0.15) is 38.3 Å². The zero-order chi connectivity index (χ0) is 17.1. The SMILES string of the molecule is CCC1CNCCC1C(C)C(N)c1ccnc2ccc(OC)cc12. The van der Waals surface area contributed by atoms with Crippen LogP contribution in [0.4, 0.5) is 0 Å². The number of nitrogens with zero attached hydrogens (tertiary/aromatic N) is 1. The van der Waals surface area contributed by atoms with Crippen molar-refractivity contribution in [2.24, 2.45) is 23.5 Å². The van der Waals surface area contributed by atoms with Crippen LogP contribution in [0.2, 0.25) is 0 Å². The van der Waals surface area contributed by atoms with Gasteiger partial charge in [-0.2, -0.15) is 0 Å². The van der Waals surface area contributed by atoms with Crippen molar-refractivity contribution in [1.29, 1.82) is 0 Å². The third kappa shape index (κ3) is 3.26. The Morgan fingerprint density at radius 3 is 2.96 bits per heavy atom. The van der Waals surface area contributed by atoms with Crippen molar-refractivity contribution in [2.75, 3.05) is 20.2 Å². The molecular weight excluding hydrogens is 298 g/mol. The maximum Gasteiger partial charge on any atom is 0.119 e. The summed E-state index contributed by atoms with van der Waals surface area (Å²) in [5.41, 5.74) is 8.92. The second kappa shape index (κ2) is 7.49. The molecule has 4 heteroatoms. The fourth-order valence-corrected chi connectivity index (χ4v) is 4.20. The van der Waals surface area contributed by atoms with Crippen LogP contribution in [0.15, 0.2) is 30.5 Å². The molecule has 1 aromatic carbocycles. The monoisotopic (exact) mass is 327 g/mol. The van der Waals surface area contributed by atoms with E-state index in [1.54, 1.807) is 7.11 Å². The number of hydrogen-bond donors (Lipinski definition) is 2. The lowest BCUT2D eigenvalue weighted by Gasteiger charge is -2.38. The second-order valence-electron chi connectivity index (χ2n) is 6.99. The molecule has 0 bridgehead atoms. The largest absolute Gasteiger partial charge is 0.497 e. The number of pyridine rings is 1. The highest BCUT2D eigenvalue weighted by Crippen LogP contribution is 2.37. The number of nitrogens with two attached hydrogens (primary N) is 1. The predicted octanol–water partition coefficient (Wildman–Crippen LogP) is 3.52. The predicted molar refractivity (Wildman–Crippen MR) is 99.1 cm³/mol. The molecule has 1 saturated heterocycles. The zero-order valence-electron chi connectivity index (χ0n) is 15.0. The Morgan fingerprint density at radius 1 is 1.38 bits per heavy atom. The molecule has 2 heterocycles.